The first kappa shape index (κ1) is 93.1. The van der Waals surface area contributed by atoms with Gasteiger partial charge in [-0.25, -0.2) is 9.13 Å². The van der Waals surface area contributed by atoms with Gasteiger partial charge < -0.3 is 33.8 Å². The van der Waals surface area contributed by atoms with E-state index in [4.69, 9.17) is 37.0 Å². The maximum Gasteiger partial charge on any atom is 0.472 e. The molecule has 95 heavy (non-hydrogen) atoms. The van der Waals surface area contributed by atoms with Crippen LogP contribution in [0.1, 0.15) is 383 Å². The van der Waals surface area contributed by atoms with Gasteiger partial charge in [0.15, 0.2) is 12.2 Å². The second-order valence-electron chi connectivity index (χ2n) is 28.6. The van der Waals surface area contributed by atoms with Gasteiger partial charge in [-0.3, -0.25) is 37.3 Å². The van der Waals surface area contributed by atoms with Gasteiger partial charge in [0.2, 0.25) is 0 Å². The van der Waals surface area contributed by atoms with Gasteiger partial charge in [0, 0.05) is 25.7 Å². The molecule has 0 saturated carbocycles. The summed E-state index contributed by atoms with van der Waals surface area (Å²) in [5.74, 6) is 1.01. The van der Waals surface area contributed by atoms with Crippen LogP contribution in [0, 0.1) is 23.7 Å². The summed E-state index contributed by atoms with van der Waals surface area (Å²) in [7, 11) is -9.91. The van der Waals surface area contributed by atoms with E-state index in [1.807, 2.05) is 0 Å². The Kier molecular flexibility index (Phi) is 64.0. The Balaban J connectivity index is 5.25. The summed E-state index contributed by atoms with van der Waals surface area (Å²) < 4.78 is 68.5. The van der Waals surface area contributed by atoms with Crippen LogP contribution in [0.25, 0.3) is 0 Å². The van der Waals surface area contributed by atoms with Crippen LogP contribution < -0.4 is 0 Å². The second kappa shape index (κ2) is 65.4. The minimum atomic E-state index is -4.96. The summed E-state index contributed by atoms with van der Waals surface area (Å²) in [5.41, 5.74) is 0. The van der Waals surface area contributed by atoms with Gasteiger partial charge in [0.05, 0.1) is 26.4 Å². The first-order chi connectivity index (χ1) is 45.7. The van der Waals surface area contributed by atoms with E-state index in [1.54, 1.807) is 0 Å². The molecule has 5 unspecified atom stereocenters. The molecule has 0 aliphatic heterocycles. The van der Waals surface area contributed by atoms with Crippen molar-refractivity contribution in [1.82, 2.24) is 0 Å². The standard InChI is InChI=1S/C76H148O17P2/c1-9-67(6)53-45-37-29-22-25-32-40-48-56-73(78)86-62-71(92-75(80)58-50-42-34-21-19-17-15-13-12-14-16-18-20-28-36-44-52-66(4)5)64-90-94(82,83)88-60-70(77)61-89-95(84,85)91-65-72(93-76(81)59-51-43-35-27-24-31-39-47-55-69(8)11-3)63-87-74(79)57-49-41-33-26-23-30-38-46-54-68(7)10-2/h66-72,77H,9-65H2,1-8H3,(H,82,83)(H,84,85)/t67?,68?,69?,70-,71-,72-/m1/s1. The van der Waals surface area contributed by atoms with Crippen LogP contribution in [0.15, 0.2) is 0 Å². The zero-order valence-electron chi connectivity index (χ0n) is 62.3. The van der Waals surface area contributed by atoms with Crippen LogP contribution in [0.4, 0.5) is 0 Å². The average molecular weight is 1400 g/mol. The molecule has 0 rings (SSSR count). The topological polar surface area (TPSA) is 237 Å². The van der Waals surface area contributed by atoms with E-state index in [1.165, 1.54) is 186 Å². The number of carbonyl (C=O) groups excluding carboxylic acids is 4. The lowest BCUT2D eigenvalue weighted by atomic mass is 9.99. The number of hydrogen-bond acceptors (Lipinski definition) is 15. The molecule has 0 aromatic heterocycles. The fourth-order valence-corrected chi connectivity index (χ4v) is 13.0. The summed E-state index contributed by atoms with van der Waals surface area (Å²) in [4.78, 5) is 72.8. The lowest BCUT2D eigenvalue weighted by Crippen LogP contribution is -2.30. The van der Waals surface area contributed by atoms with Crippen LogP contribution in [0.3, 0.4) is 0 Å². The molecule has 8 atom stereocenters. The highest BCUT2D eigenvalue weighted by Gasteiger charge is 2.30. The monoisotopic (exact) mass is 1400 g/mol. The summed E-state index contributed by atoms with van der Waals surface area (Å²) >= 11 is 0. The van der Waals surface area contributed by atoms with Gasteiger partial charge in [-0.1, -0.05) is 331 Å². The summed E-state index contributed by atoms with van der Waals surface area (Å²) in [6.45, 7) is 14.2. The van der Waals surface area contributed by atoms with Crippen molar-refractivity contribution in [3.63, 3.8) is 0 Å². The molecular formula is C76H148O17P2. The summed E-state index contributed by atoms with van der Waals surface area (Å²) in [6.07, 6.45) is 49.8. The number of hydrogen-bond donors (Lipinski definition) is 3. The molecule has 0 amide bonds. The molecule has 0 aromatic carbocycles. The van der Waals surface area contributed by atoms with Crippen LogP contribution in [0.2, 0.25) is 0 Å². The van der Waals surface area contributed by atoms with Gasteiger partial charge in [-0.15, -0.1) is 0 Å². The highest BCUT2D eigenvalue weighted by Crippen LogP contribution is 2.45. The zero-order valence-corrected chi connectivity index (χ0v) is 64.1. The number of carbonyl (C=O) groups is 4. The number of rotatable bonds is 73. The van der Waals surface area contributed by atoms with E-state index in [2.05, 4.69) is 55.4 Å². The molecule has 0 bridgehead atoms. The Morgan fingerprint density at radius 2 is 0.505 bits per heavy atom. The predicted molar refractivity (Wildman–Crippen MR) is 386 cm³/mol. The molecule has 0 aliphatic carbocycles. The molecule has 0 radical (unpaired) electrons. The van der Waals surface area contributed by atoms with Gasteiger partial charge in [-0.05, 0) is 49.4 Å². The zero-order chi connectivity index (χ0) is 70.3. The number of aliphatic hydroxyl groups is 1. The lowest BCUT2D eigenvalue weighted by Gasteiger charge is -2.21. The Morgan fingerprint density at radius 1 is 0.295 bits per heavy atom. The van der Waals surface area contributed by atoms with E-state index in [-0.39, 0.29) is 25.7 Å². The van der Waals surface area contributed by atoms with Crippen molar-refractivity contribution in [2.75, 3.05) is 39.6 Å². The fourth-order valence-electron chi connectivity index (χ4n) is 11.5. The van der Waals surface area contributed by atoms with Gasteiger partial charge in [0.25, 0.3) is 0 Å². The van der Waals surface area contributed by atoms with Gasteiger partial charge in [-0.2, -0.15) is 0 Å². The highest BCUT2D eigenvalue weighted by molar-refractivity contribution is 7.47. The van der Waals surface area contributed by atoms with E-state index < -0.39 is 97.5 Å². The maximum absolute atomic E-state index is 13.1. The largest absolute Gasteiger partial charge is 0.472 e. The van der Waals surface area contributed by atoms with Crippen molar-refractivity contribution >= 4 is 39.5 Å². The summed E-state index contributed by atoms with van der Waals surface area (Å²) in [5, 5.41) is 10.6. The first-order valence-electron chi connectivity index (χ1n) is 39.3. The number of ether oxygens (including phenoxy) is 4. The average Bonchev–Trinajstić information content (AvgIpc) is 3.70. The molecule has 0 saturated heterocycles. The quantitative estimate of drug-likeness (QED) is 0.0222. The van der Waals surface area contributed by atoms with E-state index in [0.717, 1.165) is 114 Å². The fraction of sp³-hybridized carbons (Fsp3) is 0.947. The third kappa shape index (κ3) is 66.4. The van der Waals surface area contributed by atoms with Crippen molar-refractivity contribution in [2.24, 2.45) is 23.7 Å². The Labute approximate surface area is 581 Å². The second-order valence-corrected chi connectivity index (χ2v) is 31.5. The molecular weight excluding hydrogens is 1250 g/mol. The number of aliphatic hydroxyl groups excluding tert-OH is 1. The van der Waals surface area contributed by atoms with Crippen molar-refractivity contribution in [3.05, 3.63) is 0 Å². The highest BCUT2D eigenvalue weighted by atomic mass is 31.2. The van der Waals surface area contributed by atoms with Crippen molar-refractivity contribution in [1.29, 1.82) is 0 Å². The Bertz CT molecular complexity index is 1870. The molecule has 0 heterocycles. The van der Waals surface area contributed by atoms with E-state index >= 15 is 0 Å². The maximum atomic E-state index is 13.1. The molecule has 0 aromatic rings. The van der Waals surface area contributed by atoms with Crippen LogP contribution in [-0.4, -0.2) is 96.7 Å². The minimum Gasteiger partial charge on any atom is -0.462 e. The van der Waals surface area contributed by atoms with E-state index in [0.29, 0.717) is 25.7 Å². The molecule has 564 valence electrons. The normalized spacial score (nSPS) is 15.0. The number of unbranched alkanes of at least 4 members (excludes halogenated alkanes) is 36. The van der Waals surface area contributed by atoms with Crippen molar-refractivity contribution in [2.45, 2.75) is 401 Å². The van der Waals surface area contributed by atoms with E-state index in [9.17, 15) is 43.2 Å². The van der Waals surface area contributed by atoms with Crippen LogP contribution in [0.5, 0.6) is 0 Å². The first-order valence-corrected chi connectivity index (χ1v) is 42.3. The Hall–Kier alpha value is -1.94. The van der Waals surface area contributed by atoms with Crippen LogP contribution in [-0.2, 0) is 65.4 Å². The third-order valence-corrected chi connectivity index (χ3v) is 20.6. The van der Waals surface area contributed by atoms with Crippen molar-refractivity contribution < 1.29 is 80.2 Å². The number of phosphoric ester groups is 2. The molecule has 19 heteroatoms. The molecule has 0 spiro atoms. The Morgan fingerprint density at radius 3 is 0.747 bits per heavy atom. The van der Waals surface area contributed by atoms with Gasteiger partial charge >= 0.3 is 39.5 Å². The van der Waals surface area contributed by atoms with Gasteiger partial charge in [0.1, 0.15) is 19.3 Å². The molecule has 3 N–H and O–H groups in total. The van der Waals surface area contributed by atoms with Crippen LogP contribution >= 0.6 is 15.6 Å². The lowest BCUT2D eigenvalue weighted by molar-refractivity contribution is -0.161. The smallest absolute Gasteiger partial charge is 0.462 e. The SMILES string of the molecule is CCC(C)CCCCCCCCCCC(=O)OC[C@H](COP(=O)(O)OC[C@@H](O)COP(=O)(O)OC[C@@H](COC(=O)CCCCCCCCCCC(C)CC)OC(=O)CCCCCCCCCCC(C)CC)OC(=O)CCCCCCCCCCCCCCCCCCC(C)C. The summed E-state index contributed by atoms with van der Waals surface area (Å²) in [6, 6.07) is 0. The number of phosphoric acid groups is 2. The predicted octanol–water partition coefficient (Wildman–Crippen LogP) is 22.0. The third-order valence-electron chi connectivity index (χ3n) is 18.7. The molecule has 0 fully saturated rings. The minimum absolute atomic E-state index is 0.104. The molecule has 0 aliphatic rings. The molecule has 17 nitrogen and oxygen atoms in total. The van der Waals surface area contributed by atoms with Crippen molar-refractivity contribution in [3.8, 4) is 0 Å². The number of esters is 4.